The molecule has 15 heterocycles. The molecule has 55 heteroatoms. The number of aliphatic hydroxyl groups excluding tert-OH is 1. The first-order valence-corrected chi connectivity index (χ1v) is 43.6. The topological polar surface area (TPSA) is 583 Å². The molecule has 6 saturated heterocycles. The molecule has 6 aliphatic heterocycles. The zero-order valence-corrected chi connectivity index (χ0v) is 76.4. The van der Waals surface area contributed by atoms with E-state index < -0.39 is 73.6 Å². The molecule has 0 saturated carbocycles. The molecule has 0 aliphatic carbocycles. The highest BCUT2D eigenvalue weighted by Gasteiger charge is 2.50. The van der Waals surface area contributed by atoms with Crippen LogP contribution in [0.5, 0.6) is 17.2 Å². The number of pyridine rings is 5. The standard InChI is InChI=1S/C22H15N5O6.C17H20FN7O3.C17H22FN7O.C10H14F4N2O.C8H7N5O2.C7H5ClO2.C5H4ClN3O2.CH4O/c28-21(32-16-8-3-1-4-9-16)26(22(29)33-17-10-5-2-6-11-17)20-18(27(30)31)12-13-19(24-20)25-15-7-14-23-25;18-4-7-22-8-12-10-23(11-13(12)9-22)17(26)21-16-14(25(27)28)2-3-15(20-16)24-6-1-5-19-24;18-4-7-23-8-12-10-24(11-13(12)9-23)17(26)22-16-14(19)2-3-15(21-16)25-6-1-5-20-25;11-1-2-15-3-7-5-16(6-8(7)4-15)9(17)10(12,13)14;9-8-6(13(14)15)2-3-7(11-8)12-5-1-4-10-12;8-7(9)10-6-4-2-1-3-5-6;6-4-2-1-3(9(10)11)5(7)8-4;1-2/h1-15H;1-3,5-6,12-13H,4,7-11H2,(H,20,21,26);1-3,5-6,12-13H,4,7-11,19H2,(H,21,22,26);7-8H,1-6H2;1-5H,(H2,9,11);1-5H;1-2H,(H2,7,8);2H,1H3. The van der Waals surface area contributed by atoms with Gasteiger partial charge in [-0.3, -0.25) is 55.9 Å². The lowest BCUT2D eigenvalue weighted by atomic mass is 10.0. The van der Waals surface area contributed by atoms with Crippen molar-refractivity contribution in [2.75, 3.05) is 158 Å². The predicted octanol–water partition coefficient (Wildman–Crippen LogP) is 12.1. The molecular formula is C87H91Cl2F6N29O18. The molecule has 12 aromatic rings. The molecule has 3 aromatic carbocycles. The van der Waals surface area contributed by atoms with Crippen molar-refractivity contribution >= 4 is 116 Å². The number of aliphatic hydroxyl groups is 1. The molecule has 9 N–H and O–H groups in total. The Morgan fingerprint density at radius 2 is 0.732 bits per heavy atom. The van der Waals surface area contributed by atoms with Crippen LogP contribution in [0.2, 0.25) is 5.15 Å². The maximum Gasteiger partial charge on any atom is 0.471 e. The summed E-state index contributed by atoms with van der Waals surface area (Å²) in [5.41, 5.74) is 14.9. The minimum atomic E-state index is -4.78. The SMILES string of the molecule is CO.Nc1ccc(-n2cccn2)nc1NC(=O)N1CC2CN(CCF)CC2C1.Nc1nc(-n2cccn2)ccc1[N+](=O)[O-].Nc1nc(Cl)ccc1[N+](=O)[O-].O=C(Cl)Oc1ccccc1.O=C(N1CC2CN(CCF)CC2C1)C(F)(F)F.O=C(Nc1nc(-n2cccn2)ccc1[N+](=O)[O-])N1CC2CN(CCF)CC2C1.O=C(Oc1ccccc1)N(C(=O)Oc1ccccc1)c1nc(-n2cccn2)ccc1[N+](=O)[O-]. The van der Waals surface area contributed by atoms with Crippen molar-refractivity contribution < 1.29 is 94.1 Å². The molecule has 6 atom stereocenters. The maximum atomic E-state index is 13.0. The average molecular weight is 2020 g/mol. The Morgan fingerprint density at radius 3 is 1.07 bits per heavy atom. The van der Waals surface area contributed by atoms with Crippen LogP contribution in [0.4, 0.5) is 108 Å². The van der Waals surface area contributed by atoms with Gasteiger partial charge in [0.05, 0.1) is 25.4 Å². The van der Waals surface area contributed by atoms with Crippen molar-refractivity contribution in [2.45, 2.75) is 6.18 Å². The number of amides is 7. The minimum absolute atomic E-state index is 0.0628. The number of hydrogen-bond acceptors (Lipinski definition) is 33. The summed E-state index contributed by atoms with van der Waals surface area (Å²) in [7, 11) is 1.00. The molecule has 7 amide bonds. The summed E-state index contributed by atoms with van der Waals surface area (Å²) >= 11 is 10.4. The average Bonchev–Trinajstić information content (AvgIpc) is 1.73. The van der Waals surface area contributed by atoms with E-state index in [1.807, 2.05) is 11.0 Å². The fraction of sp³-hybridized carbons (Fsp3) is 0.299. The van der Waals surface area contributed by atoms with Crippen LogP contribution >= 0.6 is 23.2 Å². The molecule has 6 fully saturated rings. The van der Waals surface area contributed by atoms with Gasteiger partial charge in [-0.25, -0.2) is 80.8 Å². The number of halogens is 8. The Balaban J connectivity index is 0.000000163. The van der Waals surface area contributed by atoms with Gasteiger partial charge in [-0.15, -0.1) is 0 Å². The second-order valence-electron chi connectivity index (χ2n) is 31.2. The molecular weight excluding hydrogens is 1920 g/mol. The molecule has 748 valence electrons. The van der Waals surface area contributed by atoms with Gasteiger partial charge in [0.15, 0.2) is 29.1 Å². The molecule has 6 aliphatic rings. The molecule has 6 unspecified atom stereocenters. The maximum absolute atomic E-state index is 13.0. The lowest BCUT2D eigenvalue weighted by molar-refractivity contribution is -0.384. The van der Waals surface area contributed by atoms with Crippen LogP contribution in [0, 0.1) is 76.0 Å². The number of carbonyl (C=O) groups excluding carboxylic acids is 6. The molecule has 18 rings (SSSR count). The smallest absolute Gasteiger partial charge is 0.415 e. The van der Waals surface area contributed by atoms with E-state index in [-0.39, 0.29) is 101 Å². The number of benzene rings is 3. The zero-order valence-electron chi connectivity index (χ0n) is 74.9. The van der Waals surface area contributed by atoms with Crippen molar-refractivity contribution in [1.29, 1.82) is 0 Å². The second-order valence-corrected chi connectivity index (χ2v) is 31.9. The number of urea groups is 2. The highest BCUT2D eigenvalue weighted by molar-refractivity contribution is 6.61. The van der Waals surface area contributed by atoms with Gasteiger partial charge in [-0.05, 0) is 133 Å². The number of para-hydroxylation sites is 3. The lowest BCUT2D eigenvalue weighted by Gasteiger charge is -2.21. The fourth-order valence-corrected chi connectivity index (χ4v) is 15.9. The lowest BCUT2D eigenvalue weighted by Crippen LogP contribution is -2.42. The first kappa shape index (κ1) is 106. The van der Waals surface area contributed by atoms with E-state index >= 15 is 0 Å². The molecule has 0 spiro atoms. The number of ether oxygens (including phenoxy) is 3. The number of fused-ring (bicyclic) bond motifs is 3. The normalized spacial score (nSPS) is 16.8. The van der Waals surface area contributed by atoms with Crippen LogP contribution in [0.1, 0.15) is 0 Å². The van der Waals surface area contributed by atoms with Crippen LogP contribution in [-0.2, 0) is 4.79 Å². The number of anilines is 6. The van der Waals surface area contributed by atoms with Gasteiger partial charge in [-0.1, -0.05) is 66.2 Å². The highest BCUT2D eigenvalue weighted by atomic mass is 35.5. The third-order valence-electron chi connectivity index (χ3n) is 22.0. The van der Waals surface area contributed by atoms with Crippen molar-refractivity contribution in [3.8, 4) is 40.5 Å². The third-order valence-corrected chi connectivity index (χ3v) is 22.3. The number of likely N-dealkylation sites (tertiary alicyclic amines) is 6. The Labute approximate surface area is 811 Å². The van der Waals surface area contributed by atoms with Gasteiger partial charge >= 0.3 is 64.5 Å². The summed E-state index contributed by atoms with van der Waals surface area (Å²) in [5.74, 6) is 1.37. The summed E-state index contributed by atoms with van der Waals surface area (Å²) in [6, 6.07) is 44.7. The number of nitrogens with one attached hydrogen (secondary N) is 2. The van der Waals surface area contributed by atoms with Crippen LogP contribution < -0.4 is 46.9 Å². The number of nitro groups is 4. The first-order valence-electron chi connectivity index (χ1n) is 42.8. The Hall–Kier alpha value is -16.5. The van der Waals surface area contributed by atoms with E-state index in [9.17, 15) is 95.6 Å². The van der Waals surface area contributed by atoms with E-state index in [2.05, 4.69) is 70.5 Å². The van der Waals surface area contributed by atoms with Crippen molar-refractivity contribution in [2.24, 2.45) is 35.5 Å². The van der Waals surface area contributed by atoms with Crippen molar-refractivity contribution in [3.63, 3.8) is 0 Å². The molecule has 47 nitrogen and oxygen atoms in total. The molecule has 9 aromatic heterocycles. The quantitative estimate of drug-likeness (QED) is 0.0136. The van der Waals surface area contributed by atoms with Crippen LogP contribution in [0.3, 0.4) is 0 Å². The number of aromatic nitrogens is 13. The van der Waals surface area contributed by atoms with E-state index in [0.717, 1.165) is 44.3 Å². The number of nitrogen functional groups attached to an aromatic ring is 3. The molecule has 0 bridgehead atoms. The number of carbonyl (C=O) groups is 6. The Kier molecular flexibility index (Phi) is 37.8. The monoisotopic (exact) mass is 2010 g/mol. The van der Waals surface area contributed by atoms with E-state index in [0.29, 0.717) is 122 Å². The molecule has 142 heavy (non-hydrogen) atoms. The largest absolute Gasteiger partial charge is 0.471 e. The first-order chi connectivity index (χ1) is 68.2. The van der Waals surface area contributed by atoms with Crippen molar-refractivity contribution in [1.82, 2.24) is 93.4 Å². The van der Waals surface area contributed by atoms with Gasteiger partial charge < -0.3 is 65.9 Å². The van der Waals surface area contributed by atoms with E-state index in [1.165, 1.54) is 87.0 Å². The summed E-state index contributed by atoms with van der Waals surface area (Å²) in [6.07, 6.45) is 5.68. The number of nitrogens with zero attached hydrogens (tertiary/aromatic N) is 24. The highest BCUT2D eigenvalue weighted by Crippen LogP contribution is 2.38. The zero-order chi connectivity index (χ0) is 102. The number of hydrogen-bond donors (Lipinski definition) is 6. The number of nitrogens with two attached hydrogens (primary N) is 3. The Morgan fingerprint density at radius 1 is 0.415 bits per heavy atom. The fourth-order valence-electron chi connectivity index (χ4n) is 15.6. The van der Waals surface area contributed by atoms with Gasteiger partial charge in [0.25, 0.3) is 0 Å². The van der Waals surface area contributed by atoms with E-state index in [4.69, 9.17) is 55.0 Å². The van der Waals surface area contributed by atoms with Crippen molar-refractivity contribution in [3.05, 3.63) is 271 Å². The van der Waals surface area contributed by atoms with E-state index in [1.54, 1.807) is 155 Å². The summed E-state index contributed by atoms with van der Waals surface area (Å²) in [6.45, 7) is 7.29. The van der Waals surface area contributed by atoms with Gasteiger partial charge in [0.2, 0.25) is 23.3 Å². The van der Waals surface area contributed by atoms with Gasteiger partial charge in [-0.2, -0.15) is 38.5 Å². The van der Waals surface area contributed by atoms with Gasteiger partial charge in [0.1, 0.15) is 42.4 Å². The number of alkyl halides is 6. The predicted molar refractivity (Wildman–Crippen MR) is 500 cm³/mol. The summed E-state index contributed by atoms with van der Waals surface area (Å²) in [5, 5.41) is 72.4. The van der Waals surface area contributed by atoms with Gasteiger partial charge in [0, 0.05) is 191 Å². The second kappa shape index (κ2) is 50.7. The van der Waals surface area contributed by atoms with Crippen LogP contribution in [0.15, 0.2) is 225 Å². The summed E-state index contributed by atoms with van der Waals surface area (Å²) in [4.78, 5) is 145. The molecule has 0 radical (unpaired) electrons. The number of imide groups is 1. The van der Waals surface area contributed by atoms with Crippen LogP contribution in [0.25, 0.3) is 23.3 Å². The Bertz CT molecular complexity index is 6160. The van der Waals surface area contributed by atoms with Crippen LogP contribution in [-0.4, -0.2) is 285 Å². The summed E-state index contributed by atoms with van der Waals surface area (Å²) < 4.78 is 94.7. The number of rotatable bonds is 20. The minimum Gasteiger partial charge on any atom is -0.415 e. The third kappa shape index (κ3) is 29.3.